The minimum Gasteiger partial charge on any atom is -0.312 e. The first kappa shape index (κ1) is 18.6. The number of pyridine rings is 2. The molecule has 152 valence electrons. The second-order valence-corrected chi connectivity index (χ2v) is 7.74. The maximum absolute atomic E-state index is 14.6. The molecular formula is C22H22FN7. The van der Waals surface area contributed by atoms with Gasteiger partial charge in [-0.05, 0) is 29.7 Å². The lowest BCUT2D eigenvalue weighted by Crippen LogP contribution is -2.24. The molecule has 7 nitrogen and oxygen atoms in total. The van der Waals surface area contributed by atoms with Crippen LogP contribution in [0, 0.1) is 5.82 Å². The monoisotopic (exact) mass is 403 g/mol. The molecule has 0 saturated carbocycles. The Balaban J connectivity index is 1.49. The molecule has 8 heteroatoms. The maximum atomic E-state index is 14.6. The Bertz CT molecular complexity index is 1230. The van der Waals surface area contributed by atoms with Crippen molar-refractivity contribution in [2.24, 2.45) is 0 Å². The number of hydrogen-bond acceptors (Lipinski definition) is 6. The molecule has 4 aromatic heterocycles. The van der Waals surface area contributed by atoms with Gasteiger partial charge in [-0.3, -0.25) is 0 Å². The van der Waals surface area contributed by atoms with Crippen LogP contribution in [0.15, 0.2) is 43.0 Å². The zero-order valence-electron chi connectivity index (χ0n) is 16.9. The van der Waals surface area contributed by atoms with E-state index in [4.69, 9.17) is 0 Å². The number of nitrogens with one attached hydrogen (secondary N) is 2. The molecule has 0 fully saturated rings. The first-order chi connectivity index (χ1) is 14.6. The molecule has 0 aliphatic carbocycles. The van der Waals surface area contributed by atoms with Crippen LogP contribution in [-0.2, 0) is 13.0 Å². The van der Waals surface area contributed by atoms with Crippen LogP contribution < -0.4 is 10.6 Å². The molecule has 0 bridgehead atoms. The number of imidazole rings is 1. The van der Waals surface area contributed by atoms with E-state index < -0.39 is 5.82 Å². The predicted molar refractivity (Wildman–Crippen MR) is 113 cm³/mol. The summed E-state index contributed by atoms with van der Waals surface area (Å²) in [6, 6.07) is 7.69. The van der Waals surface area contributed by atoms with Crippen molar-refractivity contribution in [3.8, 4) is 11.3 Å². The minimum atomic E-state index is -0.472. The fraction of sp³-hybridized carbons (Fsp3) is 0.273. The van der Waals surface area contributed by atoms with Gasteiger partial charge in [0.05, 0.1) is 23.7 Å². The summed E-state index contributed by atoms with van der Waals surface area (Å²) < 4.78 is 16.5. The van der Waals surface area contributed by atoms with E-state index in [1.165, 1.54) is 11.8 Å². The van der Waals surface area contributed by atoms with E-state index in [2.05, 4.69) is 44.4 Å². The number of nitrogens with zero attached hydrogens (tertiary/aromatic N) is 5. The highest BCUT2D eigenvalue weighted by Gasteiger charge is 2.15. The molecule has 1 aliphatic heterocycles. The summed E-state index contributed by atoms with van der Waals surface area (Å²) in [5, 5.41) is 6.45. The van der Waals surface area contributed by atoms with E-state index >= 15 is 0 Å². The molecule has 4 aromatic rings. The molecule has 0 saturated heterocycles. The summed E-state index contributed by atoms with van der Waals surface area (Å²) in [7, 11) is 0. The number of aromatic nitrogens is 5. The van der Waals surface area contributed by atoms with Crippen molar-refractivity contribution >= 4 is 17.3 Å². The van der Waals surface area contributed by atoms with Gasteiger partial charge in [0.15, 0.2) is 5.82 Å². The summed E-state index contributed by atoms with van der Waals surface area (Å²) in [5.74, 6) is 0.759. The summed E-state index contributed by atoms with van der Waals surface area (Å²) in [6.07, 6.45) is 5.72. The third-order valence-electron chi connectivity index (χ3n) is 5.30. The lowest BCUT2D eigenvalue weighted by Gasteiger charge is -2.17. The van der Waals surface area contributed by atoms with Crippen LogP contribution >= 0.6 is 0 Å². The normalized spacial score (nSPS) is 13.6. The van der Waals surface area contributed by atoms with Gasteiger partial charge in [-0.2, -0.15) is 0 Å². The quantitative estimate of drug-likeness (QED) is 0.539. The van der Waals surface area contributed by atoms with E-state index in [0.29, 0.717) is 17.3 Å². The molecular weight excluding hydrogens is 381 g/mol. The van der Waals surface area contributed by atoms with E-state index in [-0.39, 0.29) is 11.6 Å². The Labute approximate surface area is 173 Å². The minimum absolute atomic E-state index is 0.244. The maximum Gasteiger partial charge on any atom is 0.229 e. The zero-order valence-corrected chi connectivity index (χ0v) is 16.9. The first-order valence-electron chi connectivity index (χ1n) is 10.0. The average Bonchev–Trinajstić information content (AvgIpc) is 3.18. The van der Waals surface area contributed by atoms with Gasteiger partial charge in [0.1, 0.15) is 11.5 Å². The van der Waals surface area contributed by atoms with Crippen LogP contribution in [0.25, 0.3) is 16.8 Å². The number of anilines is 2. The van der Waals surface area contributed by atoms with Crippen molar-refractivity contribution in [2.75, 3.05) is 11.9 Å². The van der Waals surface area contributed by atoms with Crippen LogP contribution in [0.3, 0.4) is 0 Å². The molecule has 0 atom stereocenters. The molecule has 0 spiro atoms. The molecule has 0 unspecified atom stereocenters. The fourth-order valence-electron chi connectivity index (χ4n) is 3.75. The van der Waals surface area contributed by atoms with E-state index in [9.17, 15) is 4.39 Å². The number of fused-ring (bicyclic) bond motifs is 2. The Morgan fingerprint density at radius 1 is 1.17 bits per heavy atom. The molecule has 1 aliphatic rings. The summed E-state index contributed by atoms with van der Waals surface area (Å²) in [6.45, 7) is 5.92. The lowest BCUT2D eigenvalue weighted by atomic mass is 10.1. The van der Waals surface area contributed by atoms with Crippen molar-refractivity contribution in [2.45, 2.75) is 32.7 Å². The Kier molecular flexibility index (Phi) is 4.63. The largest absolute Gasteiger partial charge is 0.312 e. The third kappa shape index (κ3) is 3.39. The van der Waals surface area contributed by atoms with Crippen LogP contribution in [0.4, 0.5) is 16.2 Å². The lowest BCUT2D eigenvalue weighted by molar-refractivity contribution is 0.618. The van der Waals surface area contributed by atoms with E-state index in [0.717, 1.165) is 36.4 Å². The third-order valence-corrected chi connectivity index (χ3v) is 5.30. The first-order valence-corrected chi connectivity index (χ1v) is 10.0. The Hall–Kier alpha value is -3.39. The van der Waals surface area contributed by atoms with E-state index in [1.807, 2.05) is 34.9 Å². The van der Waals surface area contributed by atoms with Crippen molar-refractivity contribution in [1.29, 1.82) is 0 Å². The van der Waals surface area contributed by atoms with Crippen LogP contribution in [-0.4, -0.2) is 30.9 Å². The highest BCUT2D eigenvalue weighted by atomic mass is 19.1. The second kappa shape index (κ2) is 7.46. The SMILES string of the molecule is CC(C)c1ncn2ccc(-c3nc(Nc4ccc5c(n4)CCNC5)ncc3F)cc12. The molecule has 30 heavy (non-hydrogen) atoms. The van der Waals surface area contributed by atoms with Crippen LogP contribution in [0.5, 0.6) is 0 Å². The van der Waals surface area contributed by atoms with Crippen LogP contribution in [0.2, 0.25) is 0 Å². The molecule has 2 N–H and O–H groups in total. The Morgan fingerprint density at radius 2 is 2.07 bits per heavy atom. The van der Waals surface area contributed by atoms with Crippen molar-refractivity contribution in [1.82, 2.24) is 29.7 Å². The molecule has 5 rings (SSSR count). The fourth-order valence-corrected chi connectivity index (χ4v) is 3.75. The van der Waals surface area contributed by atoms with Gasteiger partial charge in [0, 0.05) is 37.0 Å². The van der Waals surface area contributed by atoms with Gasteiger partial charge < -0.3 is 15.0 Å². The van der Waals surface area contributed by atoms with Crippen molar-refractivity contribution in [3.05, 3.63) is 65.8 Å². The predicted octanol–water partition coefficient (Wildman–Crippen LogP) is 3.84. The number of rotatable bonds is 4. The topological polar surface area (TPSA) is 80.0 Å². The highest BCUT2D eigenvalue weighted by molar-refractivity contribution is 5.69. The summed E-state index contributed by atoms with van der Waals surface area (Å²) >= 11 is 0. The van der Waals surface area contributed by atoms with Gasteiger partial charge in [-0.15, -0.1) is 0 Å². The smallest absolute Gasteiger partial charge is 0.229 e. The summed E-state index contributed by atoms with van der Waals surface area (Å²) in [4.78, 5) is 17.7. The summed E-state index contributed by atoms with van der Waals surface area (Å²) in [5.41, 5.74) is 5.10. The highest BCUT2D eigenvalue weighted by Crippen LogP contribution is 2.27. The zero-order chi connectivity index (χ0) is 20.7. The molecule has 0 aromatic carbocycles. The number of halogens is 1. The van der Waals surface area contributed by atoms with E-state index in [1.54, 1.807) is 6.33 Å². The van der Waals surface area contributed by atoms with Crippen molar-refractivity contribution in [3.63, 3.8) is 0 Å². The second-order valence-electron chi connectivity index (χ2n) is 7.74. The number of hydrogen-bond donors (Lipinski definition) is 2. The van der Waals surface area contributed by atoms with Gasteiger partial charge >= 0.3 is 0 Å². The van der Waals surface area contributed by atoms with Gasteiger partial charge in [-0.1, -0.05) is 19.9 Å². The Morgan fingerprint density at radius 3 is 2.93 bits per heavy atom. The van der Waals surface area contributed by atoms with Gasteiger partial charge in [0.2, 0.25) is 5.95 Å². The molecule has 0 amide bonds. The van der Waals surface area contributed by atoms with Gasteiger partial charge in [-0.25, -0.2) is 24.3 Å². The molecule has 5 heterocycles. The van der Waals surface area contributed by atoms with Crippen molar-refractivity contribution < 1.29 is 4.39 Å². The molecule has 0 radical (unpaired) electrons. The standard InChI is InChI=1S/C22H22FN7/c1-13(2)20-18-9-14(6-8-30(18)12-26-20)21-16(23)11-25-22(29-21)28-19-4-3-15-10-24-7-5-17(15)27-19/h3-4,6,8-9,11-13,24H,5,7,10H2,1-2H3,(H,25,27,28,29). The van der Waals surface area contributed by atoms with Crippen LogP contribution in [0.1, 0.15) is 36.7 Å². The van der Waals surface area contributed by atoms with Gasteiger partial charge in [0.25, 0.3) is 0 Å². The average molecular weight is 403 g/mol.